The van der Waals surface area contributed by atoms with E-state index < -0.39 is 12.1 Å². The number of rotatable bonds is 7. The molecule has 2 aromatic heterocycles. The lowest BCUT2D eigenvalue weighted by Crippen LogP contribution is -2.45. The number of carbonyl (C=O) groups is 3. The Labute approximate surface area is 193 Å². The number of amides is 2. The number of carboxylic acids is 1. The van der Waals surface area contributed by atoms with Crippen LogP contribution >= 0.6 is 0 Å². The molecule has 0 spiro atoms. The van der Waals surface area contributed by atoms with E-state index in [1.54, 1.807) is 6.26 Å². The number of anilines is 1. The van der Waals surface area contributed by atoms with Gasteiger partial charge in [0.25, 0.3) is 5.91 Å². The lowest BCUT2D eigenvalue weighted by atomic mass is 10.1. The molecule has 2 amide bonds. The number of halogens is 3. The summed E-state index contributed by atoms with van der Waals surface area (Å²) in [7, 11) is 0. The number of aromatic amines is 1. The number of nitrogen functional groups attached to an aromatic ring is 1. The Morgan fingerprint density at radius 3 is 2.47 bits per heavy atom. The van der Waals surface area contributed by atoms with Crippen molar-refractivity contribution in [3.05, 3.63) is 35.9 Å². The van der Waals surface area contributed by atoms with Gasteiger partial charge in [-0.1, -0.05) is 0 Å². The normalized spacial score (nSPS) is 18.1. The molecule has 34 heavy (non-hydrogen) atoms. The van der Waals surface area contributed by atoms with Gasteiger partial charge in [-0.25, -0.2) is 4.79 Å². The lowest BCUT2D eigenvalue weighted by molar-refractivity contribution is -0.192. The van der Waals surface area contributed by atoms with Crippen molar-refractivity contribution >= 4 is 23.6 Å². The number of hydrogen-bond donors (Lipinski definition) is 4. The minimum absolute atomic E-state index is 0.0779. The van der Waals surface area contributed by atoms with Gasteiger partial charge >= 0.3 is 12.1 Å². The standard InChI is InChI=1S/C18H26N6O3.C2HF3O2/c1-3-23(4-2)18(26)15-8-12(10-24(15)11-13-6-5-7-27-13)20-17(25)14-9-16(19)22-21-14;3-2(4,5)1(6)7/h5-7,9,12,15H,3-4,8,10-11H2,1-2H3,(H,20,25)(H3,19,21,22);(H,6,7)/t12-,15+;/m1./s1. The van der Waals surface area contributed by atoms with Crippen LogP contribution < -0.4 is 11.1 Å². The van der Waals surface area contributed by atoms with E-state index >= 15 is 0 Å². The highest BCUT2D eigenvalue weighted by Crippen LogP contribution is 2.23. The summed E-state index contributed by atoms with van der Waals surface area (Å²) in [6, 6.07) is 4.75. The second kappa shape index (κ2) is 11.5. The monoisotopic (exact) mass is 488 g/mol. The van der Waals surface area contributed by atoms with E-state index in [4.69, 9.17) is 20.1 Å². The lowest BCUT2D eigenvalue weighted by Gasteiger charge is -2.28. The molecule has 1 aliphatic heterocycles. The van der Waals surface area contributed by atoms with Crippen LogP contribution in [0, 0.1) is 0 Å². The first kappa shape index (κ1) is 26.7. The zero-order valence-electron chi connectivity index (χ0n) is 18.6. The first-order chi connectivity index (χ1) is 16.0. The third kappa shape index (κ3) is 7.23. The highest BCUT2D eigenvalue weighted by atomic mass is 19.4. The van der Waals surface area contributed by atoms with Crippen molar-refractivity contribution in [2.75, 3.05) is 25.4 Å². The minimum atomic E-state index is -5.08. The molecule has 3 rings (SSSR count). The van der Waals surface area contributed by atoms with Crippen LogP contribution in [0.5, 0.6) is 0 Å². The van der Waals surface area contributed by atoms with Crippen LogP contribution in [-0.4, -0.2) is 80.8 Å². The number of likely N-dealkylation sites (tertiary alicyclic amines) is 1. The molecule has 0 bridgehead atoms. The molecule has 11 nitrogen and oxygen atoms in total. The number of hydrogen-bond acceptors (Lipinski definition) is 7. The Morgan fingerprint density at radius 1 is 1.35 bits per heavy atom. The maximum atomic E-state index is 13.0. The summed E-state index contributed by atoms with van der Waals surface area (Å²) in [5.74, 6) is -1.90. The molecular weight excluding hydrogens is 461 g/mol. The third-order valence-corrected chi connectivity index (χ3v) is 5.12. The van der Waals surface area contributed by atoms with E-state index in [0.717, 1.165) is 5.76 Å². The number of carboxylic acid groups (broad SMARTS) is 1. The Bertz CT molecular complexity index is 958. The van der Waals surface area contributed by atoms with Crippen molar-refractivity contribution in [2.45, 2.75) is 45.1 Å². The molecule has 0 aromatic carbocycles. The molecule has 0 unspecified atom stereocenters. The highest BCUT2D eigenvalue weighted by molar-refractivity contribution is 5.93. The number of carbonyl (C=O) groups excluding carboxylic acids is 2. The minimum Gasteiger partial charge on any atom is -0.475 e. The molecule has 188 valence electrons. The van der Waals surface area contributed by atoms with Crippen LogP contribution in [0.25, 0.3) is 0 Å². The first-order valence-electron chi connectivity index (χ1n) is 10.4. The molecule has 1 fully saturated rings. The Kier molecular flexibility index (Phi) is 9.06. The summed E-state index contributed by atoms with van der Waals surface area (Å²) in [6.07, 6.45) is -2.92. The van der Waals surface area contributed by atoms with Crippen molar-refractivity contribution in [2.24, 2.45) is 0 Å². The van der Waals surface area contributed by atoms with Crippen LogP contribution in [0.15, 0.2) is 28.9 Å². The SMILES string of the molecule is CCN(CC)C(=O)[C@@H]1C[C@@H](NC(=O)c2cc(N)n[nH]2)CN1Cc1ccco1.O=C(O)C(F)(F)F. The fraction of sp³-hybridized carbons (Fsp3) is 0.500. The molecule has 0 aliphatic carbocycles. The molecule has 1 aliphatic rings. The molecule has 2 aromatic rings. The predicted molar refractivity (Wildman–Crippen MR) is 113 cm³/mol. The van der Waals surface area contributed by atoms with Gasteiger partial charge in [0, 0.05) is 31.7 Å². The number of nitrogens with two attached hydrogens (primary N) is 1. The molecule has 3 heterocycles. The van der Waals surface area contributed by atoms with Crippen LogP contribution in [0.1, 0.15) is 36.5 Å². The van der Waals surface area contributed by atoms with E-state index in [0.29, 0.717) is 38.3 Å². The zero-order chi connectivity index (χ0) is 25.5. The largest absolute Gasteiger partial charge is 0.490 e. The number of nitrogens with zero attached hydrogens (tertiary/aromatic N) is 3. The maximum Gasteiger partial charge on any atom is 0.490 e. The second-order valence-electron chi connectivity index (χ2n) is 7.45. The van der Waals surface area contributed by atoms with Crippen LogP contribution in [0.4, 0.5) is 19.0 Å². The number of furan rings is 1. The molecule has 5 N–H and O–H groups in total. The molecule has 1 saturated heterocycles. The van der Waals surface area contributed by atoms with E-state index in [2.05, 4.69) is 20.4 Å². The number of aromatic nitrogens is 2. The Morgan fingerprint density at radius 2 is 2.00 bits per heavy atom. The van der Waals surface area contributed by atoms with Crippen LogP contribution in [0.2, 0.25) is 0 Å². The number of alkyl halides is 3. The van der Waals surface area contributed by atoms with Gasteiger partial charge < -0.3 is 25.5 Å². The summed E-state index contributed by atoms with van der Waals surface area (Å²) >= 11 is 0. The van der Waals surface area contributed by atoms with Crippen LogP contribution in [0.3, 0.4) is 0 Å². The van der Waals surface area contributed by atoms with Gasteiger partial charge in [0.2, 0.25) is 5.91 Å². The Balaban J connectivity index is 0.000000509. The summed E-state index contributed by atoms with van der Waals surface area (Å²) in [5, 5.41) is 16.5. The molecule has 0 radical (unpaired) electrons. The average Bonchev–Trinajstić information content (AvgIpc) is 3.51. The van der Waals surface area contributed by atoms with E-state index in [1.807, 2.05) is 30.9 Å². The van der Waals surface area contributed by atoms with Gasteiger partial charge in [0.05, 0.1) is 18.8 Å². The van der Waals surface area contributed by atoms with Gasteiger partial charge in [-0.2, -0.15) is 18.3 Å². The molecule has 14 heteroatoms. The van der Waals surface area contributed by atoms with Gasteiger partial charge in [-0.3, -0.25) is 19.6 Å². The van der Waals surface area contributed by atoms with Gasteiger partial charge in [0.1, 0.15) is 17.3 Å². The fourth-order valence-electron chi connectivity index (χ4n) is 3.51. The Hall–Kier alpha value is -3.55. The third-order valence-electron chi connectivity index (χ3n) is 5.12. The summed E-state index contributed by atoms with van der Waals surface area (Å²) < 4.78 is 37.2. The van der Waals surface area contributed by atoms with E-state index in [9.17, 15) is 22.8 Å². The van der Waals surface area contributed by atoms with E-state index in [-0.39, 0.29) is 29.7 Å². The van der Waals surface area contributed by atoms with Gasteiger partial charge in [-0.05, 0) is 32.4 Å². The molecule has 0 saturated carbocycles. The number of likely N-dealkylation sites (N-methyl/N-ethyl adjacent to an activating group) is 1. The number of nitrogens with one attached hydrogen (secondary N) is 2. The summed E-state index contributed by atoms with van der Waals surface area (Å²) in [6.45, 7) is 6.34. The van der Waals surface area contributed by atoms with Crippen molar-refractivity contribution in [3.63, 3.8) is 0 Å². The predicted octanol–water partition coefficient (Wildman–Crippen LogP) is 1.46. The van der Waals surface area contributed by atoms with E-state index in [1.165, 1.54) is 6.07 Å². The summed E-state index contributed by atoms with van der Waals surface area (Å²) in [5.41, 5.74) is 5.87. The van der Waals surface area contributed by atoms with Crippen LogP contribution in [-0.2, 0) is 16.1 Å². The number of H-pyrrole nitrogens is 1. The number of aliphatic carboxylic acids is 1. The smallest absolute Gasteiger partial charge is 0.475 e. The second-order valence-corrected chi connectivity index (χ2v) is 7.45. The van der Waals surface area contributed by atoms with Crippen molar-refractivity contribution in [3.8, 4) is 0 Å². The average molecular weight is 488 g/mol. The maximum absolute atomic E-state index is 13.0. The highest BCUT2D eigenvalue weighted by Gasteiger charge is 2.39. The van der Waals surface area contributed by atoms with Crippen molar-refractivity contribution < 1.29 is 37.1 Å². The quantitative estimate of drug-likeness (QED) is 0.456. The first-order valence-corrected chi connectivity index (χ1v) is 10.4. The van der Waals surface area contributed by atoms with Gasteiger partial charge in [0.15, 0.2) is 0 Å². The van der Waals surface area contributed by atoms with Gasteiger partial charge in [-0.15, -0.1) is 0 Å². The molecule has 2 atom stereocenters. The fourth-order valence-corrected chi connectivity index (χ4v) is 3.51. The zero-order valence-corrected chi connectivity index (χ0v) is 18.6. The summed E-state index contributed by atoms with van der Waals surface area (Å²) in [4.78, 5) is 38.1. The molecular formula is C20H27F3N6O5. The topological polar surface area (TPSA) is 158 Å². The van der Waals surface area contributed by atoms with Crippen molar-refractivity contribution in [1.29, 1.82) is 0 Å². The van der Waals surface area contributed by atoms with Crippen molar-refractivity contribution in [1.82, 2.24) is 25.3 Å².